The molecule has 7 nitrogen and oxygen atoms in total. The van der Waals surface area contributed by atoms with E-state index < -0.39 is 23.5 Å². The first-order chi connectivity index (χ1) is 15.5. The molecule has 0 spiro atoms. The Balaban J connectivity index is 1.74. The third kappa shape index (κ3) is 3.99. The van der Waals surface area contributed by atoms with Crippen LogP contribution in [0.4, 0.5) is 0 Å². The predicted octanol–water partition coefficient (Wildman–Crippen LogP) is 4.18. The van der Waals surface area contributed by atoms with Crippen LogP contribution >= 0.6 is 0 Å². The summed E-state index contributed by atoms with van der Waals surface area (Å²) in [7, 11) is 0. The second-order valence-electron chi connectivity index (χ2n) is 7.64. The fourth-order valence-corrected chi connectivity index (χ4v) is 3.96. The fourth-order valence-electron chi connectivity index (χ4n) is 3.96. The molecule has 1 unspecified atom stereocenters. The number of benzene rings is 2. The second-order valence-corrected chi connectivity index (χ2v) is 7.64. The van der Waals surface area contributed by atoms with Gasteiger partial charge in [0.1, 0.15) is 11.3 Å². The van der Waals surface area contributed by atoms with E-state index in [4.69, 9.17) is 14.3 Å². The van der Waals surface area contributed by atoms with Gasteiger partial charge in [0.05, 0.1) is 18.2 Å². The van der Waals surface area contributed by atoms with E-state index >= 15 is 0 Å². The highest BCUT2D eigenvalue weighted by Crippen LogP contribution is 2.40. The first-order valence-corrected chi connectivity index (χ1v) is 10.7. The number of Topliss-reactive ketones (excluding diaryl/α,β-unsaturated/α-hetero) is 1. The van der Waals surface area contributed by atoms with E-state index in [1.54, 1.807) is 36.4 Å². The summed E-state index contributed by atoms with van der Waals surface area (Å²) in [5, 5.41) is 20.4. The highest BCUT2D eigenvalue weighted by Gasteiger charge is 2.44. The van der Waals surface area contributed by atoms with Crippen LogP contribution in [0.1, 0.15) is 41.9 Å². The van der Waals surface area contributed by atoms with Gasteiger partial charge in [-0.05, 0) is 36.2 Å². The van der Waals surface area contributed by atoms with Crippen molar-refractivity contribution in [1.29, 1.82) is 0 Å². The van der Waals surface area contributed by atoms with Crippen molar-refractivity contribution in [3.05, 3.63) is 77.3 Å². The summed E-state index contributed by atoms with van der Waals surface area (Å²) in [4.78, 5) is 27.8. The molecule has 1 aromatic heterocycles. The van der Waals surface area contributed by atoms with Crippen LogP contribution < -0.4 is 4.74 Å². The number of hydrogen-bond donors (Lipinski definition) is 2. The lowest BCUT2D eigenvalue weighted by atomic mass is 9.94. The van der Waals surface area contributed by atoms with E-state index in [-0.39, 0.29) is 17.9 Å². The molecule has 1 aliphatic rings. The summed E-state index contributed by atoms with van der Waals surface area (Å²) in [5.74, 6) is -1.04. The zero-order chi connectivity index (χ0) is 22.7. The Morgan fingerprint density at radius 3 is 2.72 bits per heavy atom. The van der Waals surface area contributed by atoms with Crippen LogP contribution in [0.3, 0.4) is 0 Å². The van der Waals surface area contributed by atoms with Crippen LogP contribution in [-0.4, -0.2) is 46.6 Å². The Hall–Kier alpha value is -3.58. The highest BCUT2D eigenvalue weighted by atomic mass is 16.5. The Bertz CT molecular complexity index is 1140. The molecule has 0 radical (unpaired) electrons. The van der Waals surface area contributed by atoms with E-state index in [9.17, 15) is 14.7 Å². The van der Waals surface area contributed by atoms with Crippen molar-refractivity contribution in [3.63, 3.8) is 0 Å². The number of furan rings is 1. The van der Waals surface area contributed by atoms with Gasteiger partial charge in [-0.25, -0.2) is 0 Å². The maximum absolute atomic E-state index is 13.5. The van der Waals surface area contributed by atoms with Gasteiger partial charge in [0.25, 0.3) is 5.91 Å². The average Bonchev–Trinajstić information content (AvgIpc) is 3.34. The Labute approximate surface area is 185 Å². The molecule has 0 aliphatic carbocycles. The van der Waals surface area contributed by atoms with Gasteiger partial charge in [0.2, 0.25) is 5.78 Å². The third-order valence-corrected chi connectivity index (χ3v) is 5.41. The number of nitrogens with zero attached hydrogens (tertiary/aromatic N) is 1. The summed E-state index contributed by atoms with van der Waals surface area (Å²) < 4.78 is 11.4. The normalized spacial score (nSPS) is 16.2. The highest BCUT2D eigenvalue weighted by molar-refractivity contribution is 6.16. The number of ketones is 1. The lowest BCUT2D eigenvalue weighted by Gasteiger charge is -2.26. The molecule has 1 aliphatic heterocycles. The topological polar surface area (TPSA) is 100 Å². The van der Waals surface area contributed by atoms with Crippen LogP contribution in [-0.2, 0) is 4.79 Å². The summed E-state index contributed by atoms with van der Waals surface area (Å²) in [5.41, 5.74) is 1.20. The number of amides is 1. The molecule has 2 N–H and O–H groups in total. The SMILES string of the molecule is CCCN1C(=O)C(O)=C(C(=O)c2cc3ccccc3o2)C1c1cccc(OCCCO)c1. The number of hydrogen-bond acceptors (Lipinski definition) is 6. The molecule has 1 amide bonds. The van der Waals surface area contributed by atoms with Crippen LogP contribution in [0.5, 0.6) is 5.75 Å². The van der Waals surface area contributed by atoms with Gasteiger partial charge in [-0.1, -0.05) is 37.3 Å². The zero-order valence-corrected chi connectivity index (χ0v) is 17.8. The van der Waals surface area contributed by atoms with E-state index in [0.717, 1.165) is 5.39 Å². The summed E-state index contributed by atoms with van der Waals surface area (Å²) in [6.07, 6.45) is 1.15. The van der Waals surface area contributed by atoms with Crippen LogP contribution in [0.25, 0.3) is 11.0 Å². The minimum atomic E-state index is -0.760. The van der Waals surface area contributed by atoms with Crippen molar-refractivity contribution in [2.75, 3.05) is 19.8 Å². The van der Waals surface area contributed by atoms with Crippen molar-refractivity contribution in [1.82, 2.24) is 4.90 Å². The van der Waals surface area contributed by atoms with Crippen molar-refractivity contribution in [3.8, 4) is 5.75 Å². The average molecular weight is 435 g/mol. The Kier molecular flexibility index (Phi) is 6.28. The summed E-state index contributed by atoms with van der Waals surface area (Å²) in [6.45, 7) is 2.66. The quantitative estimate of drug-likeness (QED) is 0.386. The molecule has 0 bridgehead atoms. The van der Waals surface area contributed by atoms with Crippen molar-refractivity contribution >= 4 is 22.7 Å². The summed E-state index contributed by atoms with van der Waals surface area (Å²) in [6, 6.07) is 15.2. The maximum Gasteiger partial charge on any atom is 0.290 e. The third-order valence-electron chi connectivity index (χ3n) is 5.41. The predicted molar refractivity (Wildman–Crippen MR) is 119 cm³/mol. The van der Waals surface area contributed by atoms with Crippen molar-refractivity contribution < 1.29 is 29.0 Å². The number of para-hydroxylation sites is 1. The van der Waals surface area contributed by atoms with E-state index in [1.165, 1.54) is 4.90 Å². The largest absolute Gasteiger partial charge is 0.503 e. The van der Waals surface area contributed by atoms with Gasteiger partial charge < -0.3 is 24.3 Å². The standard InChI is InChI=1S/C25H25NO6/c1-2-11-26-22(17-8-5-9-18(14-17)31-13-6-12-27)21(24(29)25(26)30)23(28)20-15-16-7-3-4-10-19(16)32-20/h3-5,7-10,14-15,22,27,29H,2,6,11-13H2,1H3. The van der Waals surface area contributed by atoms with Crippen LogP contribution in [0.2, 0.25) is 0 Å². The molecule has 1 atom stereocenters. The first kappa shape index (κ1) is 21.6. The molecule has 4 rings (SSSR count). The molecule has 2 aromatic carbocycles. The van der Waals surface area contributed by atoms with Crippen LogP contribution in [0, 0.1) is 0 Å². The van der Waals surface area contributed by atoms with Gasteiger partial charge in [0, 0.05) is 25.0 Å². The van der Waals surface area contributed by atoms with Gasteiger partial charge in [-0.2, -0.15) is 0 Å². The molecular weight excluding hydrogens is 410 g/mol. The maximum atomic E-state index is 13.5. The zero-order valence-electron chi connectivity index (χ0n) is 17.8. The smallest absolute Gasteiger partial charge is 0.290 e. The molecule has 3 aromatic rings. The number of carbonyl (C=O) groups excluding carboxylic acids is 2. The minimum absolute atomic E-state index is 0.00462. The number of rotatable bonds is 9. The van der Waals surface area contributed by atoms with E-state index in [2.05, 4.69) is 0 Å². The first-order valence-electron chi connectivity index (χ1n) is 10.7. The monoisotopic (exact) mass is 435 g/mol. The second kappa shape index (κ2) is 9.28. The van der Waals surface area contributed by atoms with Gasteiger partial charge >= 0.3 is 0 Å². The molecule has 2 heterocycles. The van der Waals surface area contributed by atoms with Gasteiger partial charge in [-0.3, -0.25) is 9.59 Å². The molecule has 0 fully saturated rings. The number of carbonyl (C=O) groups is 2. The van der Waals surface area contributed by atoms with Crippen molar-refractivity contribution in [2.45, 2.75) is 25.8 Å². The number of fused-ring (bicyclic) bond motifs is 1. The van der Waals surface area contributed by atoms with E-state index in [1.807, 2.05) is 25.1 Å². The lowest BCUT2D eigenvalue weighted by Crippen LogP contribution is -2.31. The Morgan fingerprint density at radius 1 is 1.16 bits per heavy atom. The molecule has 7 heteroatoms. The fraction of sp³-hybridized carbons (Fsp3) is 0.280. The molecule has 166 valence electrons. The molecule has 0 saturated carbocycles. The van der Waals surface area contributed by atoms with Crippen molar-refractivity contribution in [2.24, 2.45) is 0 Å². The Morgan fingerprint density at radius 2 is 1.97 bits per heavy atom. The molecule has 0 saturated heterocycles. The number of aliphatic hydroxyl groups excluding tert-OH is 2. The summed E-state index contributed by atoms with van der Waals surface area (Å²) >= 11 is 0. The minimum Gasteiger partial charge on any atom is -0.503 e. The van der Waals surface area contributed by atoms with Crippen LogP contribution in [0.15, 0.2) is 70.3 Å². The van der Waals surface area contributed by atoms with E-state index in [0.29, 0.717) is 42.9 Å². The molecular formula is C25H25NO6. The van der Waals surface area contributed by atoms with Gasteiger partial charge in [-0.15, -0.1) is 0 Å². The molecule has 32 heavy (non-hydrogen) atoms. The lowest BCUT2D eigenvalue weighted by molar-refractivity contribution is -0.129. The van der Waals surface area contributed by atoms with Gasteiger partial charge in [0.15, 0.2) is 11.5 Å². The number of ether oxygens (including phenoxy) is 1. The number of aliphatic hydroxyl groups is 2.